The van der Waals surface area contributed by atoms with Crippen LogP contribution in [0.1, 0.15) is 23.5 Å². The molecule has 0 saturated carbocycles. The zero-order valence-electron chi connectivity index (χ0n) is 9.66. The molecular formula is C10H17N3O2S. The van der Waals surface area contributed by atoms with E-state index in [2.05, 4.69) is 19.2 Å². The number of methoxy groups -OCH3 is 1. The van der Waals surface area contributed by atoms with Crippen LogP contribution in [0.4, 0.5) is 10.7 Å². The lowest BCUT2D eigenvalue weighted by Crippen LogP contribution is -2.10. The first-order valence-corrected chi connectivity index (χ1v) is 5.79. The second kappa shape index (κ2) is 5.07. The standard InChI is InChI=1S/C10H17N3O2S/c1-5(2)4-13-10-7(15-3)6(11)8(16-10)9(12)14/h5,13H,4,11H2,1-3H3,(H2,12,14). The van der Waals surface area contributed by atoms with E-state index in [1.165, 1.54) is 18.4 Å². The Bertz CT molecular complexity index is 388. The number of carbonyl (C=O) groups excluding carboxylic acids is 1. The fourth-order valence-corrected chi connectivity index (χ4v) is 2.18. The van der Waals surface area contributed by atoms with Crippen molar-refractivity contribution in [3.05, 3.63) is 4.88 Å². The Balaban J connectivity index is 2.99. The molecule has 1 heterocycles. The molecule has 0 radical (unpaired) electrons. The lowest BCUT2D eigenvalue weighted by Gasteiger charge is -2.08. The molecule has 1 amide bonds. The molecule has 16 heavy (non-hydrogen) atoms. The van der Waals surface area contributed by atoms with E-state index in [0.29, 0.717) is 22.2 Å². The van der Waals surface area contributed by atoms with Crippen molar-refractivity contribution in [3.8, 4) is 5.75 Å². The number of ether oxygens (including phenoxy) is 1. The van der Waals surface area contributed by atoms with Crippen LogP contribution in [-0.4, -0.2) is 19.6 Å². The van der Waals surface area contributed by atoms with Gasteiger partial charge >= 0.3 is 0 Å². The topological polar surface area (TPSA) is 90.4 Å². The minimum Gasteiger partial charge on any atom is -0.492 e. The van der Waals surface area contributed by atoms with Crippen LogP contribution < -0.4 is 21.5 Å². The number of hydrogen-bond donors (Lipinski definition) is 3. The van der Waals surface area contributed by atoms with Crippen LogP contribution in [0.2, 0.25) is 0 Å². The second-order valence-electron chi connectivity index (χ2n) is 3.85. The number of nitrogens with one attached hydrogen (secondary N) is 1. The zero-order chi connectivity index (χ0) is 12.3. The molecule has 0 fully saturated rings. The van der Waals surface area contributed by atoms with Gasteiger partial charge in [0.05, 0.1) is 7.11 Å². The highest BCUT2D eigenvalue weighted by molar-refractivity contribution is 7.19. The average molecular weight is 243 g/mol. The molecule has 0 atom stereocenters. The summed E-state index contributed by atoms with van der Waals surface area (Å²) in [4.78, 5) is 11.4. The third kappa shape index (κ3) is 2.57. The van der Waals surface area contributed by atoms with Gasteiger partial charge in [-0.25, -0.2) is 0 Å². The van der Waals surface area contributed by atoms with Crippen LogP contribution in [0.15, 0.2) is 0 Å². The predicted octanol–water partition coefficient (Wildman–Crippen LogP) is 1.51. The number of thiophene rings is 1. The summed E-state index contributed by atoms with van der Waals surface area (Å²) >= 11 is 1.23. The molecule has 90 valence electrons. The van der Waals surface area contributed by atoms with Crippen LogP contribution in [0, 0.1) is 5.92 Å². The van der Waals surface area contributed by atoms with Crippen molar-refractivity contribution in [2.75, 3.05) is 24.7 Å². The largest absolute Gasteiger partial charge is 0.492 e. The minimum absolute atomic E-state index is 0.311. The highest BCUT2D eigenvalue weighted by atomic mass is 32.1. The number of nitrogen functional groups attached to an aromatic ring is 1. The molecule has 0 aliphatic heterocycles. The minimum atomic E-state index is -0.529. The van der Waals surface area contributed by atoms with E-state index in [1.54, 1.807) is 0 Å². The normalized spacial score (nSPS) is 10.5. The Morgan fingerprint density at radius 3 is 2.62 bits per heavy atom. The van der Waals surface area contributed by atoms with E-state index in [-0.39, 0.29) is 0 Å². The molecule has 1 aromatic heterocycles. The van der Waals surface area contributed by atoms with Crippen LogP contribution in [0.25, 0.3) is 0 Å². The molecule has 6 heteroatoms. The number of carbonyl (C=O) groups is 1. The molecule has 5 nitrogen and oxygen atoms in total. The number of anilines is 2. The SMILES string of the molecule is COc1c(NCC(C)C)sc(C(N)=O)c1N. The van der Waals surface area contributed by atoms with Gasteiger partial charge in [0.25, 0.3) is 5.91 Å². The first kappa shape index (κ1) is 12.6. The average Bonchev–Trinajstić information content (AvgIpc) is 2.51. The monoisotopic (exact) mass is 243 g/mol. The third-order valence-electron chi connectivity index (χ3n) is 2.00. The molecule has 0 aromatic carbocycles. The molecule has 0 unspecified atom stereocenters. The van der Waals surface area contributed by atoms with Crippen LogP contribution >= 0.6 is 11.3 Å². The zero-order valence-corrected chi connectivity index (χ0v) is 10.5. The van der Waals surface area contributed by atoms with Gasteiger partial charge in [0.15, 0.2) is 5.75 Å². The maximum absolute atomic E-state index is 11.1. The Hall–Kier alpha value is -1.43. The highest BCUT2D eigenvalue weighted by Crippen LogP contribution is 2.42. The Morgan fingerprint density at radius 1 is 1.56 bits per heavy atom. The van der Waals surface area contributed by atoms with Crippen molar-refractivity contribution >= 4 is 27.9 Å². The van der Waals surface area contributed by atoms with Crippen LogP contribution in [0.3, 0.4) is 0 Å². The summed E-state index contributed by atoms with van der Waals surface area (Å²) < 4.78 is 5.15. The molecule has 0 spiro atoms. The van der Waals surface area contributed by atoms with Crippen molar-refractivity contribution in [2.45, 2.75) is 13.8 Å². The molecule has 1 aromatic rings. The summed E-state index contributed by atoms with van der Waals surface area (Å²) in [6, 6.07) is 0. The molecule has 0 aliphatic carbocycles. The van der Waals surface area contributed by atoms with E-state index in [0.717, 1.165) is 11.5 Å². The fraction of sp³-hybridized carbons (Fsp3) is 0.500. The Kier molecular flexibility index (Phi) is 4.00. The number of hydrogen-bond acceptors (Lipinski definition) is 5. The highest BCUT2D eigenvalue weighted by Gasteiger charge is 2.19. The van der Waals surface area contributed by atoms with Crippen LogP contribution in [0.5, 0.6) is 5.75 Å². The summed E-state index contributed by atoms with van der Waals surface area (Å²) in [5, 5.41) is 3.94. The maximum atomic E-state index is 11.1. The number of rotatable bonds is 5. The summed E-state index contributed by atoms with van der Waals surface area (Å²) in [6.07, 6.45) is 0. The fourth-order valence-electron chi connectivity index (χ4n) is 1.23. The summed E-state index contributed by atoms with van der Waals surface area (Å²) in [5.41, 5.74) is 11.3. The van der Waals surface area contributed by atoms with Gasteiger partial charge in [0.1, 0.15) is 15.6 Å². The van der Waals surface area contributed by atoms with Gasteiger partial charge in [-0.1, -0.05) is 13.8 Å². The summed E-state index contributed by atoms with van der Waals surface area (Å²) in [5.74, 6) is 0.461. The van der Waals surface area contributed by atoms with Gasteiger partial charge in [0.2, 0.25) is 0 Å². The first-order valence-electron chi connectivity index (χ1n) is 4.97. The van der Waals surface area contributed by atoms with E-state index in [9.17, 15) is 4.79 Å². The Morgan fingerprint density at radius 2 is 2.19 bits per heavy atom. The first-order chi connectivity index (χ1) is 7.47. The van der Waals surface area contributed by atoms with Gasteiger partial charge in [-0.3, -0.25) is 4.79 Å². The van der Waals surface area contributed by atoms with E-state index in [1.807, 2.05) is 0 Å². The smallest absolute Gasteiger partial charge is 0.261 e. The Labute approximate surface area is 98.8 Å². The lowest BCUT2D eigenvalue weighted by molar-refractivity contribution is 0.100. The molecule has 1 rings (SSSR count). The van der Waals surface area contributed by atoms with Crippen molar-refractivity contribution < 1.29 is 9.53 Å². The molecular weight excluding hydrogens is 226 g/mol. The van der Waals surface area contributed by atoms with Crippen molar-refractivity contribution in [1.82, 2.24) is 0 Å². The molecule has 0 saturated heterocycles. The van der Waals surface area contributed by atoms with Crippen molar-refractivity contribution in [1.29, 1.82) is 0 Å². The van der Waals surface area contributed by atoms with Gasteiger partial charge in [-0.2, -0.15) is 0 Å². The number of amides is 1. The second-order valence-corrected chi connectivity index (χ2v) is 4.87. The summed E-state index contributed by atoms with van der Waals surface area (Å²) in [6.45, 7) is 4.96. The van der Waals surface area contributed by atoms with Gasteiger partial charge < -0.3 is 21.5 Å². The van der Waals surface area contributed by atoms with E-state index in [4.69, 9.17) is 16.2 Å². The third-order valence-corrected chi connectivity index (χ3v) is 3.16. The quantitative estimate of drug-likeness (QED) is 0.731. The summed E-state index contributed by atoms with van der Waals surface area (Å²) in [7, 11) is 1.52. The van der Waals surface area contributed by atoms with Gasteiger partial charge in [-0.05, 0) is 5.92 Å². The number of primary amides is 1. The maximum Gasteiger partial charge on any atom is 0.261 e. The van der Waals surface area contributed by atoms with E-state index >= 15 is 0 Å². The molecule has 0 bridgehead atoms. The van der Waals surface area contributed by atoms with Crippen LogP contribution in [-0.2, 0) is 0 Å². The molecule has 0 aliphatic rings. The van der Waals surface area contributed by atoms with Crippen molar-refractivity contribution in [3.63, 3.8) is 0 Å². The van der Waals surface area contributed by atoms with Crippen molar-refractivity contribution in [2.24, 2.45) is 11.7 Å². The number of nitrogens with two attached hydrogens (primary N) is 2. The van der Waals surface area contributed by atoms with Gasteiger partial charge in [-0.15, -0.1) is 11.3 Å². The lowest BCUT2D eigenvalue weighted by atomic mass is 10.2. The van der Waals surface area contributed by atoms with E-state index < -0.39 is 5.91 Å². The predicted molar refractivity (Wildman–Crippen MR) is 67.1 cm³/mol. The van der Waals surface area contributed by atoms with Gasteiger partial charge in [0, 0.05) is 6.54 Å². The molecule has 5 N–H and O–H groups in total.